The molecule has 0 bridgehead atoms. The molecule has 3 rings (SSSR count). The molecule has 0 radical (unpaired) electrons. The lowest BCUT2D eigenvalue weighted by molar-refractivity contribution is -0.143. The number of thiophene rings is 1. The highest BCUT2D eigenvalue weighted by Crippen LogP contribution is 2.31. The van der Waals surface area contributed by atoms with E-state index in [1.165, 1.54) is 0 Å². The lowest BCUT2D eigenvalue weighted by Gasteiger charge is -2.47. The molecule has 2 aliphatic heterocycles. The van der Waals surface area contributed by atoms with E-state index in [0.717, 1.165) is 44.6 Å². The van der Waals surface area contributed by atoms with E-state index >= 15 is 0 Å². The number of nitrogens with one attached hydrogen (secondary N) is 1. The van der Waals surface area contributed by atoms with Crippen LogP contribution in [0.15, 0.2) is 16.8 Å². The summed E-state index contributed by atoms with van der Waals surface area (Å²) in [6.07, 6.45) is 2.96. The van der Waals surface area contributed by atoms with Gasteiger partial charge in [-0.3, -0.25) is 9.59 Å². The summed E-state index contributed by atoms with van der Waals surface area (Å²) in [5.41, 5.74) is 1.11. The monoisotopic (exact) mass is 335 g/mol. The zero-order valence-electron chi connectivity index (χ0n) is 13.7. The van der Waals surface area contributed by atoms with Crippen LogP contribution < -0.4 is 5.32 Å². The standard InChI is InChI=1S/C17H25N3O2S/c1-18-6-8-20-15-4-7-19(11-14(15)2-3-16(20)21)17(22)10-13-5-9-23-12-13/h5,9,12,14-15,18H,2-4,6-8,10-11H2,1H3. The van der Waals surface area contributed by atoms with Gasteiger partial charge in [0.25, 0.3) is 0 Å². The first kappa shape index (κ1) is 16.5. The van der Waals surface area contributed by atoms with Crippen LogP contribution in [0.2, 0.25) is 0 Å². The topological polar surface area (TPSA) is 52.7 Å². The number of rotatable bonds is 5. The van der Waals surface area contributed by atoms with E-state index in [1.807, 2.05) is 33.7 Å². The Hall–Kier alpha value is -1.40. The van der Waals surface area contributed by atoms with Crippen LogP contribution in [0.3, 0.4) is 0 Å². The number of piperidine rings is 2. The molecule has 23 heavy (non-hydrogen) atoms. The van der Waals surface area contributed by atoms with Crippen molar-refractivity contribution >= 4 is 23.2 Å². The van der Waals surface area contributed by atoms with Crippen LogP contribution in [-0.4, -0.2) is 60.9 Å². The number of amides is 2. The molecule has 2 fully saturated rings. The molecule has 126 valence electrons. The number of hydrogen-bond acceptors (Lipinski definition) is 4. The minimum Gasteiger partial charge on any atom is -0.342 e. The molecule has 3 heterocycles. The molecule has 2 aliphatic rings. The first-order valence-corrected chi connectivity index (χ1v) is 9.36. The molecule has 0 saturated carbocycles. The predicted molar refractivity (Wildman–Crippen MR) is 91.4 cm³/mol. The fourth-order valence-electron chi connectivity index (χ4n) is 3.78. The molecule has 1 aromatic rings. The Morgan fingerprint density at radius 3 is 3.04 bits per heavy atom. The maximum absolute atomic E-state index is 12.5. The number of likely N-dealkylation sites (tertiary alicyclic amines) is 2. The SMILES string of the molecule is CNCCN1C(=O)CCC2CN(C(=O)Cc3ccsc3)CCC21. The number of carbonyl (C=O) groups excluding carboxylic acids is 2. The van der Waals surface area contributed by atoms with Crippen LogP contribution in [-0.2, 0) is 16.0 Å². The number of hydrogen-bond donors (Lipinski definition) is 1. The highest BCUT2D eigenvalue weighted by atomic mass is 32.1. The zero-order chi connectivity index (χ0) is 16.2. The molecule has 2 amide bonds. The van der Waals surface area contributed by atoms with Crippen LogP contribution in [0.1, 0.15) is 24.8 Å². The lowest BCUT2D eigenvalue weighted by atomic mass is 9.83. The van der Waals surface area contributed by atoms with Crippen molar-refractivity contribution in [2.24, 2.45) is 5.92 Å². The first-order chi connectivity index (χ1) is 11.2. The molecular formula is C17H25N3O2S. The smallest absolute Gasteiger partial charge is 0.227 e. The van der Waals surface area contributed by atoms with E-state index in [9.17, 15) is 9.59 Å². The van der Waals surface area contributed by atoms with Crippen molar-refractivity contribution in [3.05, 3.63) is 22.4 Å². The second kappa shape index (κ2) is 7.45. The Bertz CT molecular complexity index is 546. The van der Waals surface area contributed by atoms with Crippen molar-refractivity contribution in [1.82, 2.24) is 15.1 Å². The third-order valence-electron chi connectivity index (χ3n) is 5.03. The summed E-state index contributed by atoms with van der Waals surface area (Å²) in [7, 11) is 1.91. The quantitative estimate of drug-likeness (QED) is 0.884. The fraction of sp³-hybridized carbons (Fsp3) is 0.647. The Morgan fingerprint density at radius 2 is 2.30 bits per heavy atom. The van der Waals surface area contributed by atoms with Crippen molar-refractivity contribution in [3.8, 4) is 0 Å². The minimum atomic E-state index is 0.223. The summed E-state index contributed by atoms with van der Waals surface area (Å²) in [6, 6.07) is 2.34. The van der Waals surface area contributed by atoms with Gasteiger partial charge in [-0.15, -0.1) is 0 Å². The second-order valence-electron chi connectivity index (χ2n) is 6.49. The van der Waals surface area contributed by atoms with E-state index in [-0.39, 0.29) is 11.8 Å². The first-order valence-electron chi connectivity index (χ1n) is 8.42. The Kier molecular flexibility index (Phi) is 5.33. The predicted octanol–water partition coefficient (Wildman–Crippen LogP) is 1.35. The lowest BCUT2D eigenvalue weighted by Crippen LogP contribution is -2.57. The fourth-order valence-corrected chi connectivity index (χ4v) is 4.45. The highest BCUT2D eigenvalue weighted by molar-refractivity contribution is 7.07. The third-order valence-corrected chi connectivity index (χ3v) is 5.77. The largest absolute Gasteiger partial charge is 0.342 e. The van der Waals surface area contributed by atoms with Crippen molar-refractivity contribution < 1.29 is 9.59 Å². The van der Waals surface area contributed by atoms with Gasteiger partial charge < -0.3 is 15.1 Å². The molecule has 0 aromatic carbocycles. The molecular weight excluding hydrogens is 310 g/mol. The maximum Gasteiger partial charge on any atom is 0.227 e. The van der Waals surface area contributed by atoms with Crippen LogP contribution >= 0.6 is 11.3 Å². The van der Waals surface area contributed by atoms with Crippen LogP contribution in [0.25, 0.3) is 0 Å². The average Bonchev–Trinajstić information content (AvgIpc) is 3.06. The molecule has 1 aromatic heterocycles. The van der Waals surface area contributed by atoms with Gasteiger partial charge in [0.15, 0.2) is 0 Å². The Morgan fingerprint density at radius 1 is 1.43 bits per heavy atom. The van der Waals surface area contributed by atoms with Crippen molar-refractivity contribution in [1.29, 1.82) is 0 Å². The van der Waals surface area contributed by atoms with Crippen molar-refractivity contribution in [3.63, 3.8) is 0 Å². The van der Waals surface area contributed by atoms with Gasteiger partial charge in [0, 0.05) is 38.6 Å². The van der Waals surface area contributed by atoms with E-state index in [2.05, 4.69) is 5.32 Å². The van der Waals surface area contributed by atoms with Crippen molar-refractivity contribution in [2.75, 3.05) is 33.2 Å². The molecule has 2 unspecified atom stereocenters. The van der Waals surface area contributed by atoms with Gasteiger partial charge in [-0.05, 0) is 48.2 Å². The molecule has 0 spiro atoms. The summed E-state index contributed by atoms with van der Waals surface area (Å²) in [5.74, 6) is 0.935. The summed E-state index contributed by atoms with van der Waals surface area (Å²) in [6.45, 7) is 3.18. The normalized spacial score (nSPS) is 24.7. The number of fused-ring (bicyclic) bond motifs is 1. The summed E-state index contributed by atoms with van der Waals surface area (Å²) in [5, 5.41) is 7.19. The summed E-state index contributed by atoms with van der Waals surface area (Å²) >= 11 is 1.63. The van der Waals surface area contributed by atoms with Gasteiger partial charge in [0.2, 0.25) is 11.8 Å². The third kappa shape index (κ3) is 3.75. The number of nitrogens with zero attached hydrogens (tertiary/aromatic N) is 2. The van der Waals surface area contributed by atoms with Crippen LogP contribution in [0, 0.1) is 5.92 Å². The van der Waals surface area contributed by atoms with Crippen molar-refractivity contribution in [2.45, 2.75) is 31.7 Å². The van der Waals surface area contributed by atoms with Gasteiger partial charge in [0.1, 0.15) is 0 Å². The van der Waals surface area contributed by atoms with Crippen LogP contribution in [0.5, 0.6) is 0 Å². The summed E-state index contributed by atoms with van der Waals surface area (Å²) < 4.78 is 0. The van der Waals surface area contributed by atoms with E-state index in [0.29, 0.717) is 24.8 Å². The molecule has 2 saturated heterocycles. The second-order valence-corrected chi connectivity index (χ2v) is 7.27. The molecule has 6 heteroatoms. The molecule has 0 aliphatic carbocycles. The van der Waals surface area contributed by atoms with Gasteiger partial charge in [0.05, 0.1) is 6.42 Å². The van der Waals surface area contributed by atoms with Gasteiger partial charge >= 0.3 is 0 Å². The zero-order valence-corrected chi connectivity index (χ0v) is 14.5. The maximum atomic E-state index is 12.5. The van der Waals surface area contributed by atoms with Gasteiger partial charge in [-0.25, -0.2) is 0 Å². The molecule has 2 atom stereocenters. The van der Waals surface area contributed by atoms with Gasteiger partial charge in [-0.2, -0.15) is 11.3 Å². The van der Waals surface area contributed by atoms with E-state index < -0.39 is 0 Å². The Balaban J connectivity index is 1.60. The number of likely N-dealkylation sites (N-methyl/N-ethyl adjacent to an activating group) is 1. The number of carbonyl (C=O) groups is 2. The highest BCUT2D eigenvalue weighted by Gasteiger charge is 2.39. The average molecular weight is 335 g/mol. The van der Waals surface area contributed by atoms with E-state index in [1.54, 1.807) is 11.3 Å². The minimum absolute atomic E-state index is 0.223. The van der Waals surface area contributed by atoms with E-state index in [4.69, 9.17) is 0 Å². The summed E-state index contributed by atoms with van der Waals surface area (Å²) in [4.78, 5) is 28.8. The Labute approximate surface area is 141 Å². The molecule has 5 nitrogen and oxygen atoms in total. The van der Waals surface area contributed by atoms with Gasteiger partial charge in [-0.1, -0.05) is 0 Å². The molecule has 1 N–H and O–H groups in total. The van der Waals surface area contributed by atoms with Crippen LogP contribution in [0.4, 0.5) is 0 Å².